The van der Waals surface area contributed by atoms with Crippen LogP contribution in [0.2, 0.25) is 0 Å². The van der Waals surface area contributed by atoms with Gasteiger partial charge >= 0.3 is 0 Å². The smallest absolute Gasteiger partial charge is 0.133 e. The Labute approximate surface area is 79.5 Å². The van der Waals surface area contributed by atoms with Crippen LogP contribution in [-0.4, -0.2) is 18.2 Å². The average molecular weight is 182 g/mol. The first-order valence-electron chi connectivity index (χ1n) is 4.74. The molecule has 13 heavy (non-hydrogen) atoms. The summed E-state index contributed by atoms with van der Waals surface area (Å²) in [5.41, 5.74) is 1.06. The molecule has 74 valence electrons. The van der Waals surface area contributed by atoms with E-state index in [1.165, 1.54) is 0 Å². The van der Waals surface area contributed by atoms with Gasteiger partial charge in [0.1, 0.15) is 5.76 Å². The molecule has 0 fully saturated rings. The van der Waals surface area contributed by atoms with Crippen LogP contribution in [0, 0.1) is 6.92 Å². The van der Waals surface area contributed by atoms with Gasteiger partial charge in [0.05, 0.1) is 5.69 Å². The fraction of sp³-hybridized carbons (Fsp3) is 0.700. The van der Waals surface area contributed by atoms with E-state index in [9.17, 15) is 0 Å². The molecule has 0 aliphatic carbocycles. The Morgan fingerprint density at radius 1 is 1.54 bits per heavy atom. The summed E-state index contributed by atoms with van der Waals surface area (Å²) in [4.78, 5) is 0. The lowest BCUT2D eigenvalue weighted by atomic mass is 9.99. The Balaban J connectivity index is 2.53. The van der Waals surface area contributed by atoms with Gasteiger partial charge in [-0.3, -0.25) is 0 Å². The third-order valence-corrected chi connectivity index (χ3v) is 2.35. The summed E-state index contributed by atoms with van der Waals surface area (Å²) in [5, 5.41) is 7.21. The predicted octanol–water partition coefficient (Wildman–Crippen LogP) is 2.08. The fourth-order valence-electron chi connectivity index (χ4n) is 1.39. The molecule has 0 aromatic carbocycles. The molecule has 2 atom stereocenters. The molecular weight excluding hydrogens is 164 g/mol. The van der Waals surface area contributed by atoms with Crippen molar-refractivity contribution in [3.63, 3.8) is 0 Å². The summed E-state index contributed by atoms with van der Waals surface area (Å²) in [6.07, 6.45) is 1.09. The van der Waals surface area contributed by atoms with Crippen LogP contribution in [-0.2, 0) is 0 Å². The molecule has 1 aromatic rings. The Bertz CT molecular complexity index is 257. The molecule has 0 spiro atoms. The minimum Gasteiger partial charge on any atom is -0.361 e. The van der Waals surface area contributed by atoms with Crippen molar-refractivity contribution >= 4 is 0 Å². The van der Waals surface area contributed by atoms with Crippen LogP contribution >= 0.6 is 0 Å². The van der Waals surface area contributed by atoms with E-state index in [0.29, 0.717) is 12.0 Å². The zero-order valence-electron chi connectivity index (χ0n) is 8.79. The molecule has 3 nitrogen and oxygen atoms in total. The maximum absolute atomic E-state index is 5.03. The molecule has 0 saturated heterocycles. The normalized spacial score (nSPS) is 15.7. The first-order valence-corrected chi connectivity index (χ1v) is 4.74. The molecule has 1 rings (SSSR count). The Kier molecular flexibility index (Phi) is 3.48. The van der Waals surface area contributed by atoms with Crippen LogP contribution in [0.4, 0.5) is 0 Å². The number of aryl methyl sites for hydroxylation is 1. The van der Waals surface area contributed by atoms with Crippen molar-refractivity contribution in [1.82, 2.24) is 10.5 Å². The van der Waals surface area contributed by atoms with Crippen molar-refractivity contribution < 1.29 is 4.52 Å². The van der Waals surface area contributed by atoms with E-state index in [2.05, 4.69) is 24.3 Å². The monoisotopic (exact) mass is 182 g/mol. The molecule has 3 heteroatoms. The zero-order valence-corrected chi connectivity index (χ0v) is 8.79. The average Bonchev–Trinajstić information content (AvgIpc) is 2.51. The highest BCUT2D eigenvalue weighted by Gasteiger charge is 2.12. The van der Waals surface area contributed by atoms with Crippen molar-refractivity contribution in [1.29, 1.82) is 0 Å². The molecule has 0 bridgehead atoms. The molecule has 0 radical (unpaired) electrons. The van der Waals surface area contributed by atoms with Crippen molar-refractivity contribution in [2.45, 2.75) is 39.2 Å². The largest absolute Gasteiger partial charge is 0.361 e. The minimum absolute atomic E-state index is 0.458. The maximum Gasteiger partial charge on any atom is 0.133 e. The SMILES string of the molecule is CNC(C)CC(C)c1cc(C)on1. The molecule has 0 aliphatic heterocycles. The van der Waals surface area contributed by atoms with Gasteiger partial charge < -0.3 is 9.84 Å². The Hall–Kier alpha value is -0.830. The summed E-state index contributed by atoms with van der Waals surface area (Å²) in [6.45, 7) is 6.26. The highest BCUT2D eigenvalue weighted by Crippen LogP contribution is 2.19. The number of nitrogens with one attached hydrogen (secondary N) is 1. The molecule has 1 heterocycles. The quantitative estimate of drug-likeness (QED) is 0.774. The molecule has 1 aromatic heterocycles. The van der Waals surface area contributed by atoms with Crippen molar-refractivity contribution in [3.8, 4) is 0 Å². The third kappa shape index (κ3) is 2.84. The number of nitrogens with zero attached hydrogens (tertiary/aromatic N) is 1. The van der Waals surface area contributed by atoms with Crippen LogP contribution in [0.15, 0.2) is 10.6 Å². The first kappa shape index (κ1) is 10.3. The van der Waals surface area contributed by atoms with Gasteiger partial charge in [0.2, 0.25) is 0 Å². The minimum atomic E-state index is 0.458. The number of hydrogen-bond acceptors (Lipinski definition) is 3. The third-order valence-electron chi connectivity index (χ3n) is 2.35. The van der Waals surface area contributed by atoms with E-state index in [0.717, 1.165) is 17.9 Å². The van der Waals surface area contributed by atoms with Crippen LogP contribution < -0.4 is 5.32 Å². The van der Waals surface area contributed by atoms with Gasteiger partial charge in [-0.1, -0.05) is 12.1 Å². The van der Waals surface area contributed by atoms with Crippen molar-refractivity contribution in [2.75, 3.05) is 7.05 Å². The van der Waals surface area contributed by atoms with E-state index in [1.807, 2.05) is 20.0 Å². The standard InChI is InChI=1S/C10H18N2O/c1-7(5-8(2)11-4)10-6-9(3)13-12-10/h6-8,11H,5H2,1-4H3. The van der Waals surface area contributed by atoms with Crippen LogP contribution in [0.5, 0.6) is 0 Å². The van der Waals surface area contributed by atoms with Gasteiger partial charge in [0.25, 0.3) is 0 Å². The van der Waals surface area contributed by atoms with Crippen molar-refractivity contribution in [2.24, 2.45) is 0 Å². The topological polar surface area (TPSA) is 38.1 Å². The Morgan fingerprint density at radius 2 is 2.23 bits per heavy atom. The number of aromatic nitrogens is 1. The van der Waals surface area contributed by atoms with Crippen molar-refractivity contribution in [3.05, 3.63) is 17.5 Å². The van der Waals surface area contributed by atoms with E-state index in [-0.39, 0.29) is 0 Å². The van der Waals surface area contributed by atoms with Crippen LogP contribution in [0.1, 0.15) is 37.6 Å². The first-order chi connectivity index (χ1) is 6.13. The van der Waals surface area contributed by atoms with Gasteiger partial charge in [-0.15, -0.1) is 0 Å². The summed E-state index contributed by atoms with van der Waals surface area (Å²) < 4.78 is 5.03. The lowest BCUT2D eigenvalue weighted by Crippen LogP contribution is -2.22. The molecule has 0 aliphatic rings. The molecule has 2 unspecified atom stereocenters. The molecule has 1 N–H and O–H groups in total. The highest BCUT2D eigenvalue weighted by molar-refractivity contribution is 5.08. The second kappa shape index (κ2) is 4.42. The second-order valence-electron chi connectivity index (χ2n) is 3.69. The second-order valence-corrected chi connectivity index (χ2v) is 3.69. The maximum atomic E-state index is 5.03. The lowest BCUT2D eigenvalue weighted by molar-refractivity contribution is 0.381. The lowest BCUT2D eigenvalue weighted by Gasteiger charge is -2.13. The summed E-state index contributed by atoms with van der Waals surface area (Å²) in [5.74, 6) is 1.35. The van der Waals surface area contributed by atoms with Gasteiger partial charge in [-0.05, 0) is 27.3 Å². The van der Waals surface area contributed by atoms with Gasteiger partial charge in [0.15, 0.2) is 0 Å². The highest BCUT2D eigenvalue weighted by atomic mass is 16.5. The summed E-state index contributed by atoms with van der Waals surface area (Å²) >= 11 is 0. The van der Waals surface area contributed by atoms with Crippen LogP contribution in [0.3, 0.4) is 0 Å². The molecule has 0 saturated carbocycles. The van der Waals surface area contributed by atoms with Crippen LogP contribution in [0.25, 0.3) is 0 Å². The summed E-state index contributed by atoms with van der Waals surface area (Å²) in [7, 11) is 1.98. The number of rotatable bonds is 4. The van der Waals surface area contributed by atoms with E-state index >= 15 is 0 Å². The van der Waals surface area contributed by atoms with E-state index < -0.39 is 0 Å². The Morgan fingerprint density at radius 3 is 2.69 bits per heavy atom. The van der Waals surface area contributed by atoms with E-state index in [4.69, 9.17) is 4.52 Å². The number of hydrogen-bond donors (Lipinski definition) is 1. The fourth-order valence-corrected chi connectivity index (χ4v) is 1.39. The van der Waals surface area contributed by atoms with Gasteiger partial charge in [-0.25, -0.2) is 0 Å². The van der Waals surface area contributed by atoms with E-state index in [1.54, 1.807) is 0 Å². The van der Waals surface area contributed by atoms with Gasteiger partial charge in [0, 0.05) is 18.0 Å². The molecular formula is C10H18N2O. The van der Waals surface area contributed by atoms with Gasteiger partial charge in [-0.2, -0.15) is 0 Å². The predicted molar refractivity (Wildman–Crippen MR) is 52.8 cm³/mol. The summed E-state index contributed by atoms with van der Waals surface area (Å²) in [6, 6.07) is 2.53. The molecule has 0 amide bonds. The zero-order chi connectivity index (χ0) is 9.84.